The van der Waals surface area contributed by atoms with E-state index in [-0.39, 0.29) is 0 Å². The van der Waals surface area contributed by atoms with E-state index in [9.17, 15) is 0 Å². The molecule has 0 saturated carbocycles. The van der Waals surface area contributed by atoms with Gasteiger partial charge in [0.2, 0.25) is 5.95 Å². The lowest BCUT2D eigenvalue weighted by molar-refractivity contribution is 0.0969. The third-order valence-electron chi connectivity index (χ3n) is 4.22. The van der Waals surface area contributed by atoms with Crippen LogP contribution in [-0.2, 0) is 11.3 Å². The normalized spacial score (nSPS) is 30.6. The predicted molar refractivity (Wildman–Crippen MR) is 70.7 cm³/mol. The molecule has 18 heavy (non-hydrogen) atoms. The van der Waals surface area contributed by atoms with Crippen molar-refractivity contribution < 1.29 is 4.74 Å². The Morgan fingerprint density at radius 3 is 2.94 bits per heavy atom. The number of anilines is 1. The third-order valence-corrected chi connectivity index (χ3v) is 4.22. The number of imidazole rings is 1. The van der Waals surface area contributed by atoms with E-state index in [1.54, 1.807) is 7.11 Å². The highest BCUT2D eigenvalue weighted by Gasteiger charge is 2.34. The molecule has 3 aliphatic rings. The third kappa shape index (κ3) is 2.37. The molecule has 3 saturated heterocycles. The number of piperidine rings is 3. The first-order valence-electron chi connectivity index (χ1n) is 6.86. The second-order valence-corrected chi connectivity index (χ2v) is 5.33. The van der Waals surface area contributed by atoms with Gasteiger partial charge in [0.05, 0.1) is 6.61 Å². The van der Waals surface area contributed by atoms with Gasteiger partial charge in [-0.15, -0.1) is 0 Å². The van der Waals surface area contributed by atoms with Gasteiger partial charge >= 0.3 is 0 Å². The number of rotatable bonds is 5. The first-order chi connectivity index (χ1) is 8.86. The maximum atomic E-state index is 5.12. The molecule has 1 N–H and O–H groups in total. The lowest BCUT2D eigenvalue weighted by Crippen LogP contribution is -2.53. The highest BCUT2D eigenvalue weighted by molar-refractivity contribution is 5.29. The molecule has 3 aliphatic heterocycles. The van der Waals surface area contributed by atoms with Crippen LogP contribution in [0, 0.1) is 5.92 Å². The smallest absolute Gasteiger partial charge is 0.203 e. The van der Waals surface area contributed by atoms with Gasteiger partial charge in [-0.25, -0.2) is 4.98 Å². The molecule has 0 aromatic carbocycles. The number of hydrogen-bond acceptors (Lipinski definition) is 4. The fourth-order valence-electron chi connectivity index (χ4n) is 3.11. The van der Waals surface area contributed by atoms with E-state index in [1.165, 1.54) is 32.5 Å². The molecule has 2 bridgehead atoms. The molecule has 5 heteroatoms. The zero-order chi connectivity index (χ0) is 12.4. The van der Waals surface area contributed by atoms with E-state index < -0.39 is 0 Å². The van der Waals surface area contributed by atoms with Crippen molar-refractivity contribution in [1.82, 2.24) is 14.5 Å². The Kier molecular flexibility index (Phi) is 3.52. The summed E-state index contributed by atoms with van der Waals surface area (Å²) in [4.78, 5) is 6.98. The maximum absolute atomic E-state index is 5.12. The molecule has 5 nitrogen and oxygen atoms in total. The highest BCUT2D eigenvalue weighted by Crippen LogP contribution is 2.29. The van der Waals surface area contributed by atoms with Gasteiger partial charge in [0, 0.05) is 38.6 Å². The average Bonchev–Trinajstić information content (AvgIpc) is 2.85. The standard InChI is InChI=1S/C13H22N4O/c1-18-9-8-17-7-4-14-13(17)15-12-10-16-5-2-11(12)3-6-16/h4,7,11-12H,2-3,5-6,8-10H2,1H3,(H,14,15). The van der Waals surface area contributed by atoms with Crippen LogP contribution >= 0.6 is 0 Å². The first-order valence-corrected chi connectivity index (χ1v) is 6.86. The van der Waals surface area contributed by atoms with Crippen molar-refractivity contribution in [3.63, 3.8) is 0 Å². The van der Waals surface area contributed by atoms with Crippen molar-refractivity contribution in [3.05, 3.63) is 12.4 Å². The highest BCUT2D eigenvalue weighted by atomic mass is 16.5. The van der Waals surface area contributed by atoms with Crippen LogP contribution in [0.2, 0.25) is 0 Å². The van der Waals surface area contributed by atoms with Crippen LogP contribution in [0.25, 0.3) is 0 Å². The Labute approximate surface area is 108 Å². The van der Waals surface area contributed by atoms with E-state index in [2.05, 4.69) is 19.8 Å². The van der Waals surface area contributed by atoms with Crippen molar-refractivity contribution in [2.24, 2.45) is 5.92 Å². The molecule has 0 amide bonds. The summed E-state index contributed by atoms with van der Waals surface area (Å²) in [6, 6.07) is 0.566. The van der Waals surface area contributed by atoms with Crippen molar-refractivity contribution in [3.8, 4) is 0 Å². The largest absolute Gasteiger partial charge is 0.383 e. The van der Waals surface area contributed by atoms with Crippen LogP contribution in [0.3, 0.4) is 0 Å². The zero-order valence-corrected chi connectivity index (χ0v) is 11.0. The molecular formula is C13H22N4O. The summed E-state index contributed by atoms with van der Waals surface area (Å²) in [5, 5.41) is 3.62. The van der Waals surface area contributed by atoms with Gasteiger partial charge in [-0.2, -0.15) is 0 Å². The van der Waals surface area contributed by atoms with E-state index in [4.69, 9.17) is 4.74 Å². The minimum Gasteiger partial charge on any atom is -0.383 e. The Morgan fingerprint density at radius 2 is 2.28 bits per heavy atom. The second kappa shape index (κ2) is 5.28. The fourth-order valence-corrected chi connectivity index (χ4v) is 3.11. The summed E-state index contributed by atoms with van der Waals surface area (Å²) in [5.74, 6) is 1.81. The topological polar surface area (TPSA) is 42.3 Å². The molecule has 0 aliphatic carbocycles. The number of hydrogen-bond donors (Lipinski definition) is 1. The molecule has 4 rings (SSSR count). The van der Waals surface area contributed by atoms with Crippen molar-refractivity contribution in [2.45, 2.75) is 25.4 Å². The van der Waals surface area contributed by atoms with Crippen molar-refractivity contribution >= 4 is 5.95 Å². The number of nitrogens with zero attached hydrogens (tertiary/aromatic N) is 3. The zero-order valence-electron chi connectivity index (χ0n) is 11.0. The van der Waals surface area contributed by atoms with Gasteiger partial charge in [-0.1, -0.05) is 0 Å². The van der Waals surface area contributed by atoms with Gasteiger partial charge in [-0.05, 0) is 31.8 Å². The lowest BCUT2D eigenvalue weighted by Gasteiger charge is -2.45. The molecular weight excluding hydrogens is 228 g/mol. The van der Waals surface area contributed by atoms with E-state index >= 15 is 0 Å². The summed E-state index contributed by atoms with van der Waals surface area (Å²) in [5.41, 5.74) is 0. The summed E-state index contributed by atoms with van der Waals surface area (Å²) >= 11 is 0. The van der Waals surface area contributed by atoms with E-state index in [1.807, 2.05) is 12.4 Å². The number of nitrogens with one attached hydrogen (secondary N) is 1. The predicted octanol–water partition coefficient (Wildman–Crippen LogP) is 1.04. The number of aromatic nitrogens is 2. The summed E-state index contributed by atoms with van der Waals surface area (Å²) in [7, 11) is 1.73. The van der Waals surface area contributed by atoms with Crippen LogP contribution in [0.15, 0.2) is 12.4 Å². The van der Waals surface area contributed by atoms with E-state index in [0.717, 1.165) is 25.0 Å². The minimum atomic E-state index is 0.566. The molecule has 1 aromatic heterocycles. The second-order valence-electron chi connectivity index (χ2n) is 5.33. The Morgan fingerprint density at radius 1 is 1.44 bits per heavy atom. The number of ether oxygens (including phenoxy) is 1. The SMILES string of the molecule is COCCn1ccnc1NC1CN2CCC1CC2. The van der Waals surface area contributed by atoms with Gasteiger partial charge in [-0.3, -0.25) is 0 Å². The minimum absolute atomic E-state index is 0.566. The van der Waals surface area contributed by atoms with Gasteiger partial charge < -0.3 is 19.5 Å². The van der Waals surface area contributed by atoms with Gasteiger partial charge in [0.15, 0.2) is 0 Å². The molecule has 0 radical (unpaired) electrons. The molecule has 100 valence electrons. The van der Waals surface area contributed by atoms with Gasteiger partial charge in [0.25, 0.3) is 0 Å². The molecule has 0 spiro atoms. The summed E-state index contributed by atoms with van der Waals surface area (Å²) in [6.45, 7) is 5.31. The van der Waals surface area contributed by atoms with Crippen LogP contribution in [0.1, 0.15) is 12.8 Å². The number of methoxy groups -OCH3 is 1. The fraction of sp³-hybridized carbons (Fsp3) is 0.769. The first kappa shape index (κ1) is 12.0. The van der Waals surface area contributed by atoms with Crippen molar-refractivity contribution in [1.29, 1.82) is 0 Å². The molecule has 1 unspecified atom stereocenters. The van der Waals surface area contributed by atoms with Crippen LogP contribution in [0.5, 0.6) is 0 Å². The van der Waals surface area contributed by atoms with Gasteiger partial charge in [0.1, 0.15) is 0 Å². The monoisotopic (exact) mass is 250 g/mol. The van der Waals surface area contributed by atoms with Crippen LogP contribution in [-0.4, -0.2) is 53.8 Å². The van der Waals surface area contributed by atoms with Crippen molar-refractivity contribution in [2.75, 3.05) is 38.7 Å². The Balaban J connectivity index is 1.63. The number of fused-ring (bicyclic) bond motifs is 3. The van der Waals surface area contributed by atoms with E-state index in [0.29, 0.717) is 6.04 Å². The summed E-state index contributed by atoms with van der Waals surface area (Å²) < 4.78 is 7.26. The average molecular weight is 250 g/mol. The molecule has 3 fully saturated rings. The van der Waals surface area contributed by atoms with Crippen LogP contribution < -0.4 is 5.32 Å². The Bertz CT molecular complexity index is 384. The van der Waals surface area contributed by atoms with Crippen LogP contribution in [0.4, 0.5) is 5.95 Å². The lowest BCUT2D eigenvalue weighted by atomic mass is 9.84. The Hall–Kier alpha value is -1.07. The molecule has 4 heterocycles. The molecule has 1 aromatic rings. The molecule has 1 atom stereocenters. The quantitative estimate of drug-likeness (QED) is 0.848. The summed E-state index contributed by atoms with van der Waals surface area (Å²) in [6.07, 6.45) is 6.54. The maximum Gasteiger partial charge on any atom is 0.203 e.